The molecule has 2 rings (SSSR count). The van der Waals surface area contributed by atoms with Crippen LogP contribution in [0.5, 0.6) is 0 Å². The van der Waals surface area contributed by atoms with E-state index in [0.29, 0.717) is 21.4 Å². The summed E-state index contributed by atoms with van der Waals surface area (Å²) in [6, 6.07) is 0. The highest BCUT2D eigenvalue weighted by molar-refractivity contribution is 9.10. The van der Waals surface area contributed by atoms with Gasteiger partial charge in [-0.1, -0.05) is 6.92 Å². The molecule has 0 saturated carbocycles. The van der Waals surface area contributed by atoms with Gasteiger partial charge in [-0.15, -0.1) is 21.5 Å². The van der Waals surface area contributed by atoms with E-state index in [0.717, 1.165) is 0 Å². The maximum absolute atomic E-state index is 11.2. The maximum atomic E-state index is 11.2. The van der Waals surface area contributed by atoms with E-state index >= 15 is 0 Å². The molecule has 8 heteroatoms. The third-order valence-corrected chi connectivity index (χ3v) is 4.64. The second-order valence-corrected chi connectivity index (χ2v) is 6.34. The van der Waals surface area contributed by atoms with Crippen LogP contribution in [-0.2, 0) is 4.79 Å². The fraction of sp³-hybridized carbons (Fsp3) is 0.455. The fourth-order valence-corrected chi connectivity index (χ4v) is 2.51. The molecule has 0 radical (unpaired) electrons. The van der Waals surface area contributed by atoms with Crippen LogP contribution < -0.4 is 0 Å². The quantitative estimate of drug-likeness (QED) is 0.915. The number of carboxylic acid groups (broad SMARTS) is 1. The van der Waals surface area contributed by atoms with Gasteiger partial charge >= 0.3 is 5.97 Å². The van der Waals surface area contributed by atoms with Crippen LogP contribution in [0.2, 0.25) is 0 Å². The lowest BCUT2D eigenvalue weighted by molar-refractivity contribution is -0.148. The lowest BCUT2D eigenvalue weighted by atomic mass is 9.80. The number of aliphatic carboxylic acids is 1. The topological polar surface area (TPSA) is 89.1 Å². The number of aromatic nitrogens is 3. The Morgan fingerprint density at radius 3 is 2.74 bits per heavy atom. The van der Waals surface area contributed by atoms with Crippen molar-refractivity contribution in [2.24, 2.45) is 5.41 Å². The third-order valence-electron chi connectivity index (χ3n) is 3.10. The minimum absolute atomic E-state index is 0.300. The Hall–Kier alpha value is -1.28. The maximum Gasteiger partial charge on any atom is 0.309 e. The van der Waals surface area contributed by atoms with E-state index in [1.807, 2.05) is 5.38 Å². The summed E-state index contributed by atoms with van der Waals surface area (Å²) in [6.07, 6.45) is 0. The van der Waals surface area contributed by atoms with Gasteiger partial charge in [-0.3, -0.25) is 4.79 Å². The van der Waals surface area contributed by atoms with Gasteiger partial charge in [0, 0.05) is 5.38 Å². The molecule has 2 aromatic rings. The average molecular weight is 346 g/mol. The van der Waals surface area contributed by atoms with Crippen LogP contribution in [0.15, 0.2) is 14.4 Å². The average Bonchev–Trinajstić information content (AvgIpc) is 2.95. The van der Waals surface area contributed by atoms with Crippen LogP contribution in [0, 0.1) is 5.41 Å². The summed E-state index contributed by atoms with van der Waals surface area (Å²) < 4.78 is 6.22. The summed E-state index contributed by atoms with van der Waals surface area (Å²) in [6.45, 7) is 5.01. The number of halogens is 1. The molecule has 0 aromatic carbocycles. The molecule has 0 saturated heterocycles. The number of carbonyl (C=O) groups is 1. The molecule has 2 heterocycles. The summed E-state index contributed by atoms with van der Waals surface area (Å²) in [7, 11) is 0. The van der Waals surface area contributed by atoms with Crippen molar-refractivity contribution in [3.05, 3.63) is 15.9 Å². The van der Waals surface area contributed by atoms with E-state index in [-0.39, 0.29) is 0 Å². The molecule has 1 unspecified atom stereocenters. The SMILES string of the molecule is CC(c1nnc(-c2nc(Br)cs2)o1)C(C)(C)C(=O)O. The zero-order chi connectivity index (χ0) is 14.2. The first-order chi connectivity index (χ1) is 8.82. The molecule has 2 aromatic heterocycles. The van der Waals surface area contributed by atoms with E-state index in [1.54, 1.807) is 20.8 Å². The van der Waals surface area contributed by atoms with Crippen LogP contribution in [0.4, 0.5) is 0 Å². The molecule has 0 spiro atoms. The highest BCUT2D eigenvalue weighted by Gasteiger charge is 2.38. The monoisotopic (exact) mass is 345 g/mol. The van der Waals surface area contributed by atoms with Gasteiger partial charge in [-0.05, 0) is 29.8 Å². The molecule has 6 nitrogen and oxygen atoms in total. The van der Waals surface area contributed by atoms with Gasteiger partial charge in [-0.25, -0.2) is 4.98 Å². The van der Waals surface area contributed by atoms with Crippen LogP contribution in [0.3, 0.4) is 0 Å². The van der Waals surface area contributed by atoms with Crippen LogP contribution in [0.1, 0.15) is 32.6 Å². The highest BCUT2D eigenvalue weighted by Crippen LogP contribution is 2.36. The predicted molar refractivity (Wildman–Crippen MR) is 72.9 cm³/mol. The summed E-state index contributed by atoms with van der Waals surface area (Å²) >= 11 is 4.62. The van der Waals surface area contributed by atoms with Crippen molar-refractivity contribution in [3.8, 4) is 10.9 Å². The van der Waals surface area contributed by atoms with Gasteiger partial charge in [0.05, 0.1) is 11.3 Å². The number of nitrogens with zero attached hydrogens (tertiary/aromatic N) is 3. The van der Waals surface area contributed by atoms with Gasteiger partial charge in [-0.2, -0.15) is 0 Å². The molecule has 0 amide bonds. The summed E-state index contributed by atoms with van der Waals surface area (Å²) in [5.41, 5.74) is -0.979. The lowest BCUT2D eigenvalue weighted by Gasteiger charge is -2.23. The number of carboxylic acids is 1. The summed E-state index contributed by atoms with van der Waals surface area (Å²) in [5.74, 6) is -0.696. The summed E-state index contributed by atoms with van der Waals surface area (Å²) in [5, 5.41) is 19.4. The Balaban J connectivity index is 2.29. The van der Waals surface area contributed by atoms with E-state index in [1.165, 1.54) is 11.3 Å². The zero-order valence-corrected chi connectivity index (χ0v) is 12.9. The third kappa shape index (κ3) is 2.69. The van der Waals surface area contributed by atoms with Crippen molar-refractivity contribution in [2.75, 3.05) is 0 Å². The molecule has 19 heavy (non-hydrogen) atoms. The van der Waals surface area contributed by atoms with Gasteiger partial charge < -0.3 is 9.52 Å². The minimum atomic E-state index is -0.979. The van der Waals surface area contributed by atoms with Gasteiger partial charge in [0.2, 0.25) is 5.89 Å². The summed E-state index contributed by atoms with van der Waals surface area (Å²) in [4.78, 5) is 15.4. The molecule has 0 bridgehead atoms. The van der Waals surface area contributed by atoms with E-state index in [9.17, 15) is 9.90 Å². The van der Waals surface area contributed by atoms with Crippen molar-refractivity contribution in [1.29, 1.82) is 0 Å². The van der Waals surface area contributed by atoms with Crippen LogP contribution in [0.25, 0.3) is 10.9 Å². The zero-order valence-electron chi connectivity index (χ0n) is 10.5. The molecule has 0 aliphatic carbocycles. The largest absolute Gasteiger partial charge is 0.481 e. The molecule has 0 aliphatic heterocycles. The Labute approximate surface area is 122 Å². The number of thiazole rings is 1. The highest BCUT2D eigenvalue weighted by atomic mass is 79.9. The molecular weight excluding hydrogens is 334 g/mol. The Kier molecular flexibility index (Phi) is 3.73. The van der Waals surface area contributed by atoms with Crippen molar-refractivity contribution < 1.29 is 14.3 Å². The first-order valence-corrected chi connectivity index (χ1v) is 7.18. The second kappa shape index (κ2) is 5.01. The van der Waals surface area contributed by atoms with E-state index in [2.05, 4.69) is 31.1 Å². The molecule has 1 N–H and O–H groups in total. The van der Waals surface area contributed by atoms with Gasteiger partial charge in [0.25, 0.3) is 5.89 Å². The number of hydrogen-bond acceptors (Lipinski definition) is 6. The van der Waals surface area contributed by atoms with E-state index < -0.39 is 17.3 Å². The Morgan fingerprint density at radius 2 is 2.21 bits per heavy atom. The second-order valence-electron chi connectivity index (χ2n) is 4.67. The molecule has 0 fully saturated rings. The number of rotatable bonds is 4. The number of hydrogen-bond donors (Lipinski definition) is 1. The van der Waals surface area contributed by atoms with Crippen molar-refractivity contribution in [1.82, 2.24) is 15.2 Å². The Morgan fingerprint density at radius 1 is 1.53 bits per heavy atom. The van der Waals surface area contributed by atoms with Crippen LogP contribution in [-0.4, -0.2) is 26.3 Å². The molecular formula is C11H12BrN3O3S. The Bertz CT molecular complexity index is 608. The molecule has 102 valence electrons. The standard InChI is InChI=1S/C11H12BrN3O3S/c1-5(11(2,3)10(16)17)7-14-15-8(18-7)9-13-6(12)4-19-9/h4-5H,1-3H3,(H,16,17). The van der Waals surface area contributed by atoms with Crippen LogP contribution >= 0.6 is 27.3 Å². The molecule has 0 aliphatic rings. The smallest absolute Gasteiger partial charge is 0.309 e. The molecule has 1 atom stereocenters. The van der Waals surface area contributed by atoms with Crippen molar-refractivity contribution in [3.63, 3.8) is 0 Å². The fourth-order valence-electron chi connectivity index (χ4n) is 1.34. The first-order valence-electron chi connectivity index (χ1n) is 5.50. The predicted octanol–water partition coefficient (Wildman–Crippen LogP) is 3.17. The lowest BCUT2D eigenvalue weighted by Crippen LogP contribution is -2.29. The van der Waals surface area contributed by atoms with Crippen molar-refractivity contribution in [2.45, 2.75) is 26.7 Å². The van der Waals surface area contributed by atoms with E-state index in [4.69, 9.17) is 4.42 Å². The normalized spacial score (nSPS) is 13.5. The first kappa shape index (κ1) is 14.1. The van der Waals surface area contributed by atoms with Crippen molar-refractivity contribution >= 4 is 33.2 Å². The van der Waals surface area contributed by atoms with Gasteiger partial charge in [0.15, 0.2) is 5.01 Å². The van der Waals surface area contributed by atoms with Gasteiger partial charge in [0.1, 0.15) is 4.60 Å². The minimum Gasteiger partial charge on any atom is -0.481 e.